The summed E-state index contributed by atoms with van der Waals surface area (Å²) in [6.45, 7) is 18.9. The van der Waals surface area contributed by atoms with E-state index in [4.69, 9.17) is 23.7 Å². The van der Waals surface area contributed by atoms with E-state index >= 15 is 4.39 Å². The summed E-state index contributed by atoms with van der Waals surface area (Å²) < 4.78 is 48.7. The molecule has 4 aliphatic carbocycles. The number of halogens is 1. The lowest BCUT2D eigenvalue weighted by atomic mass is 9.45. The normalized spacial score (nSPS) is 47.6. The number of aliphatic hydroxyl groups excluding tert-OH is 3. The lowest BCUT2D eigenvalue weighted by molar-refractivity contribution is -0.301. The average Bonchev–Trinajstić information content (AvgIpc) is 3.52. The summed E-state index contributed by atoms with van der Waals surface area (Å²) in [7, 11) is 5.48. The van der Waals surface area contributed by atoms with E-state index in [2.05, 4.69) is 0 Å². The molecule has 0 bridgehead atoms. The van der Waals surface area contributed by atoms with Crippen molar-refractivity contribution < 1.29 is 77.9 Å². The van der Waals surface area contributed by atoms with Crippen molar-refractivity contribution in [3.05, 3.63) is 23.8 Å². The van der Waals surface area contributed by atoms with Crippen LogP contribution < -0.4 is 0 Å². The first-order chi connectivity index (χ1) is 34.2. The number of aliphatic hydroxyl groups is 6. The molecule has 2 saturated carbocycles. The minimum atomic E-state index is -2.11. The van der Waals surface area contributed by atoms with Crippen LogP contribution in [0.25, 0.3) is 0 Å². The van der Waals surface area contributed by atoms with Crippen molar-refractivity contribution in [1.29, 1.82) is 0 Å². The fourth-order valence-corrected chi connectivity index (χ4v) is 14.6. The highest BCUT2D eigenvalue weighted by Gasteiger charge is 2.76. The Kier molecular flexibility index (Phi) is 18.3. The predicted octanol–water partition coefficient (Wildman–Crippen LogP) is 4.59. The van der Waals surface area contributed by atoms with E-state index in [-0.39, 0.29) is 75.8 Å². The molecular weight excluding hydrogens is 960 g/mol. The summed E-state index contributed by atoms with van der Waals surface area (Å²) in [4.78, 5) is 57.7. The Morgan fingerprint density at radius 2 is 1.61 bits per heavy atom. The van der Waals surface area contributed by atoms with Crippen LogP contribution in [0.2, 0.25) is 0 Å². The number of cyclic esters (lactones) is 1. The van der Waals surface area contributed by atoms with E-state index in [1.165, 1.54) is 19.9 Å². The number of hydrogen-bond acceptors (Lipinski definition) is 17. The molecule has 6 rings (SSSR count). The second-order valence-electron chi connectivity index (χ2n) is 24.8. The van der Waals surface area contributed by atoms with Crippen molar-refractivity contribution in [2.75, 3.05) is 34.3 Å². The van der Waals surface area contributed by atoms with Gasteiger partial charge in [-0.2, -0.15) is 0 Å². The molecule has 18 heteroatoms. The van der Waals surface area contributed by atoms with Gasteiger partial charge in [0.05, 0.1) is 48.6 Å². The molecule has 0 aromatic carbocycles. The van der Waals surface area contributed by atoms with Gasteiger partial charge in [0.15, 0.2) is 29.4 Å². The van der Waals surface area contributed by atoms with Crippen LogP contribution in [0.3, 0.4) is 0 Å². The molecule has 4 fully saturated rings. The van der Waals surface area contributed by atoms with Crippen LogP contribution in [0.5, 0.6) is 0 Å². The predicted molar refractivity (Wildman–Crippen MR) is 271 cm³/mol. The highest BCUT2D eigenvalue weighted by molar-refractivity contribution is 5.93. The Bertz CT molecular complexity index is 2100. The Morgan fingerprint density at radius 1 is 0.946 bits per heavy atom. The third-order valence-electron chi connectivity index (χ3n) is 19.2. The molecule has 2 saturated heterocycles. The van der Waals surface area contributed by atoms with Gasteiger partial charge in [-0.25, -0.2) is 9.18 Å². The summed E-state index contributed by atoms with van der Waals surface area (Å²) in [5, 5.41) is 71.6. The molecule has 3 unspecified atom stereocenters. The number of unbranched alkanes of at least 4 members (excludes halogenated alkanes) is 1. The zero-order chi connectivity index (χ0) is 55.4. The number of ketones is 1. The first-order valence-electron chi connectivity index (χ1n) is 27.3. The minimum Gasteiger partial charge on any atom is -0.464 e. The number of esters is 3. The number of carbonyl (C=O) groups is 4. The SMILES string of the molecule is CC[C@H]1OC(=O)[C@H](C)[C@@H](O)[C@H](C)[C@@H](O[C@@H]2O[C@H](C)C[C@@H](N(C)C)C2OC(=O)CCCCOC(=O)[C@@]2(O)[C@H](C)CC3C4CC=C5CC(=O)C=C[C@]5(C)[C@@]4(F)[C@@H](O)C[C@@]32C)[C@](C)(O)C[C@@H](C)CN(C)[C@H](C)[C@@H](O)[C@]1(C)O. The smallest absolute Gasteiger partial charge is 0.338 e. The number of alkyl halides is 1. The maximum Gasteiger partial charge on any atom is 0.338 e. The topological polar surface area (TPSA) is 242 Å². The van der Waals surface area contributed by atoms with Crippen molar-refractivity contribution in [3.63, 3.8) is 0 Å². The highest BCUT2D eigenvalue weighted by atomic mass is 19.1. The maximum atomic E-state index is 17.7. The number of rotatable bonds is 11. The molecule has 0 radical (unpaired) electrons. The van der Waals surface area contributed by atoms with E-state index in [9.17, 15) is 49.8 Å². The summed E-state index contributed by atoms with van der Waals surface area (Å²) in [6, 6.07) is -1.00. The van der Waals surface area contributed by atoms with Gasteiger partial charge < -0.3 is 64.1 Å². The van der Waals surface area contributed by atoms with Gasteiger partial charge in [0.1, 0.15) is 17.8 Å². The number of likely N-dealkylation sites (N-methyl/N-ethyl adjacent to an activating group) is 2. The van der Waals surface area contributed by atoms with Gasteiger partial charge in [-0.3, -0.25) is 14.4 Å². The third-order valence-corrected chi connectivity index (χ3v) is 19.2. The van der Waals surface area contributed by atoms with Crippen molar-refractivity contribution in [3.8, 4) is 0 Å². The second kappa shape index (κ2) is 22.4. The number of nitrogens with zero attached hydrogens (tertiary/aromatic N) is 2. The first-order valence-corrected chi connectivity index (χ1v) is 27.3. The molecule has 0 spiro atoms. The molecule has 6 N–H and O–H groups in total. The minimum absolute atomic E-state index is 0.0837. The fourth-order valence-electron chi connectivity index (χ4n) is 14.6. The summed E-state index contributed by atoms with van der Waals surface area (Å²) in [5.41, 5.74) is -9.44. The average molecular weight is 1050 g/mol. The van der Waals surface area contributed by atoms with Gasteiger partial charge in [-0.15, -0.1) is 0 Å². The standard InChI is InChI=1S/C56H91FN2O15/c1-15-42-54(11,68)46(64)35(7)59(14)29-30(2)27-53(10,67)47(33(5)44(63)34(6)48(65)72-42)74-49-45(40(58(12)13)25-32(4)71-49)73-43(62)18-16-17-23-70-50(66)56(69)31(3)24-39-38-20-19-36-26-37(60)21-22-51(36,8)55(38,57)41(61)28-52(39,56)9/h19,21-22,30-35,38-42,44-47,49,61,63-64,67-69H,15-18,20,23-29H2,1-14H3/t30-,31-,32-,33+,34-,35-,38?,39?,40-,41+,42-,44+,45?,46-,47-,49+,51+,52+,53-,54-,55+,56+/m1/s1. The van der Waals surface area contributed by atoms with Crippen LogP contribution in [0, 0.1) is 46.3 Å². The van der Waals surface area contributed by atoms with Gasteiger partial charge in [0.2, 0.25) is 0 Å². The van der Waals surface area contributed by atoms with E-state index in [0.29, 0.717) is 25.0 Å². The van der Waals surface area contributed by atoms with E-state index in [0.717, 1.165) is 0 Å². The zero-order valence-corrected chi connectivity index (χ0v) is 46.6. The number of ether oxygens (including phenoxy) is 5. The number of allylic oxidation sites excluding steroid dienone is 4. The van der Waals surface area contributed by atoms with Crippen LogP contribution in [0.1, 0.15) is 140 Å². The van der Waals surface area contributed by atoms with Crippen LogP contribution in [0.4, 0.5) is 4.39 Å². The fraction of sp³-hybridized carbons (Fsp3) is 0.857. The highest BCUT2D eigenvalue weighted by Crippen LogP contribution is 2.70. The van der Waals surface area contributed by atoms with Gasteiger partial charge in [0, 0.05) is 48.1 Å². The van der Waals surface area contributed by atoms with Crippen molar-refractivity contribution in [2.45, 2.75) is 224 Å². The summed E-state index contributed by atoms with van der Waals surface area (Å²) in [6.07, 6.45) is -2.72. The van der Waals surface area contributed by atoms with Gasteiger partial charge in [-0.1, -0.05) is 52.3 Å². The Labute approximate surface area is 438 Å². The quantitative estimate of drug-likeness (QED) is 0.0718. The van der Waals surface area contributed by atoms with Gasteiger partial charge in [-0.05, 0) is 138 Å². The molecule has 0 aromatic heterocycles. The maximum absolute atomic E-state index is 17.7. The zero-order valence-electron chi connectivity index (χ0n) is 46.6. The third kappa shape index (κ3) is 10.8. The molecule has 422 valence electrons. The van der Waals surface area contributed by atoms with E-state index in [1.54, 1.807) is 61.6 Å². The number of hydrogen-bond donors (Lipinski definition) is 6. The van der Waals surface area contributed by atoms with Crippen LogP contribution >= 0.6 is 0 Å². The van der Waals surface area contributed by atoms with Crippen LogP contribution in [0.15, 0.2) is 23.8 Å². The Balaban J connectivity index is 1.14. The summed E-state index contributed by atoms with van der Waals surface area (Å²) >= 11 is 0. The molecule has 6 aliphatic rings. The molecule has 22 atom stereocenters. The van der Waals surface area contributed by atoms with Crippen LogP contribution in [-0.4, -0.2) is 182 Å². The molecule has 74 heavy (non-hydrogen) atoms. The monoisotopic (exact) mass is 1050 g/mol. The van der Waals surface area contributed by atoms with Gasteiger partial charge >= 0.3 is 17.9 Å². The first kappa shape index (κ1) is 60.3. The van der Waals surface area contributed by atoms with E-state index in [1.807, 2.05) is 43.8 Å². The Morgan fingerprint density at radius 3 is 2.24 bits per heavy atom. The lowest BCUT2D eigenvalue weighted by Crippen LogP contribution is -2.69. The molecule has 17 nitrogen and oxygen atoms in total. The number of carbonyl (C=O) groups excluding carboxylic acids is 4. The molecule has 2 heterocycles. The van der Waals surface area contributed by atoms with Crippen molar-refractivity contribution in [2.24, 2.45) is 46.3 Å². The molecular formula is C56H91FN2O15. The lowest BCUT2D eigenvalue weighted by Gasteiger charge is -2.61. The van der Waals surface area contributed by atoms with Crippen molar-refractivity contribution >= 4 is 23.7 Å². The van der Waals surface area contributed by atoms with Crippen molar-refractivity contribution in [1.82, 2.24) is 9.80 Å². The second-order valence-corrected chi connectivity index (χ2v) is 24.8. The molecule has 0 amide bonds. The largest absolute Gasteiger partial charge is 0.464 e. The summed E-state index contributed by atoms with van der Waals surface area (Å²) in [5.74, 6) is -6.52. The van der Waals surface area contributed by atoms with E-state index < -0.39 is 136 Å². The molecule has 0 aromatic rings. The molecule has 2 aliphatic heterocycles. The van der Waals surface area contributed by atoms with Crippen LogP contribution in [-0.2, 0) is 42.9 Å². The Hall–Kier alpha value is -2.91. The number of fused-ring (bicyclic) bond motifs is 5. The van der Waals surface area contributed by atoms with Gasteiger partial charge in [0.25, 0.3) is 0 Å².